The lowest BCUT2D eigenvalue weighted by Crippen LogP contribution is -1.99. The molecule has 0 aliphatic carbocycles. The molecule has 0 amide bonds. The van der Waals surface area contributed by atoms with Crippen molar-refractivity contribution in [1.82, 2.24) is 4.98 Å². The first-order valence-electron chi connectivity index (χ1n) is 6.83. The van der Waals surface area contributed by atoms with Gasteiger partial charge in [0.25, 0.3) is 0 Å². The van der Waals surface area contributed by atoms with E-state index in [1.165, 1.54) is 42.6 Å². The minimum atomic E-state index is 0.849. The Labute approximate surface area is 109 Å². The van der Waals surface area contributed by atoms with Crippen molar-refractivity contribution < 1.29 is 0 Å². The summed E-state index contributed by atoms with van der Waals surface area (Å²) < 4.78 is 0. The van der Waals surface area contributed by atoms with Crippen LogP contribution in [0.5, 0.6) is 0 Å². The summed E-state index contributed by atoms with van der Waals surface area (Å²) in [6.07, 6.45) is 7.06. The Balaban J connectivity index is 1.80. The van der Waals surface area contributed by atoms with Crippen molar-refractivity contribution >= 4 is 5.69 Å². The van der Waals surface area contributed by atoms with Crippen LogP contribution in [0.25, 0.3) is 0 Å². The highest BCUT2D eigenvalue weighted by atomic mass is 14.9. The molecule has 2 rings (SSSR count). The highest BCUT2D eigenvalue weighted by Gasteiger charge is 1.96. The molecule has 0 saturated carbocycles. The maximum Gasteiger partial charge on any atom is 0.0551 e. The Kier molecular flexibility index (Phi) is 4.88. The number of unbranched alkanes of at least 4 members (excludes halogenated alkanes) is 2. The lowest BCUT2D eigenvalue weighted by molar-refractivity contribution is 0.717. The van der Waals surface area contributed by atoms with Gasteiger partial charge in [-0.25, -0.2) is 0 Å². The van der Waals surface area contributed by atoms with Crippen molar-refractivity contribution in [2.24, 2.45) is 0 Å². The van der Waals surface area contributed by atoms with Crippen LogP contribution in [-0.2, 0) is 13.0 Å². The molecule has 0 unspecified atom stereocenters. The Bertz CT molecular complexity index is 429. The quantitative estimate of drug-likeness (QED) is 0.694. The fraction of sp³-hybridized carbons (Fsp3) is 0.375. The number of benzene rings is 1. The van der Waals surface area contributed by atoms with Crippen LogP contribution in [0.4, 0.5) is 5.69 Å². The average molecular weight is 242 g/mol. The van der Waals surface area contributed by atoms with Gasteiger partial charge in [0.15, 0.2) is 0 Å². The average Bonchev–Trinajstić information content (AvgIpc) is 2.91. The second-order valence-electron chi connectivity index (χ2n) is 4.70. The van der Waals surface area contributed by atoms with Gasteiger partial charge in [-0.15, -0.1) is 0 Å². The van der Waals surface area contributed by atoms with Crippen molar-refractivity contribution in [1.29, 1.82) is 0 Å². The molecule has 0 radical (unpaired) electrons. The SMILES string of the molecule is CCCCCc1ccc(NCc2ccc[nH]2)cc1. The summed E-state index contributed by atoms with van der Waals surface area (Å²) in [7, 11) is 0. The summed E-state index contributed by atoms with van der Waals surface area (Å²) in [5, 5.41) is 3.41. The van der Waals surface area contributed by atoms with Gasteiger partial charge in [-0.3, -0.25) is 0 Å². The molecule has 2 nitrogen and oxygen atoms in total. The second kappa shape index (κ2) is 6.90. The van der Waals surface area contributed by atoms with Gasteiger partial charge in [-0.1, -0.05) is 31.9 Å². The highest BCUT2D eigenvalue weighted by Crippen LogP contribution is 2.13. The number of aryl methyl sites for hydroxylation is 1. The largest absolute Gasteiger partial charge is 0.379 e. The molecular formula is C16H22N2. The number of nitrogens with one attached hydrogen (secondary N) is 2. The Morgan fingerprint density at radius 2 is 1.89 bits per heavy atom. The highest BCUT2D eigenvalue weighted by molar-refractivity contribution is 5.44. The summed E-state index contributed by atoms with van der Waals surface area (Å²) >= 11 is 0. The monoisotopic (exact) mass is 242 g/mol. The lowest BCUT2D eigenvalue weighted by Gasteiger charge is -2.06. The summed E-state index contributed by atoms with van der Waals surface area (Å²) in [4.78, 5) is 3.19. The van der Waals surface area contributed by atoms with Crippen molar-refractivity contribution in [3.8, 4) is 0 Å². The smallest absolute Gasteiger partial charge is 0.0551 e. The molecule has 1 aromatic carbocycles. The third-order valence-electron chi connectivity index (χ3n) is 3.17. The van der Waals surface area contributed by atoms with Crippen LogP contribution in [-0.4, -0.2) is 4.98 Å². The van der Waals surface area contributed by atoms with Crippen molar-refractivity contribution in [2.45, 2.75) is 39.2 Å². The van der Waals surface area contributed by atoms with E-state index in [4.69, 9.17) is 0 Å². The van der Waals surface area contributed by atoms with Crippen LogP contribution in [0.1, 0.15) is 37.4 Å². The molecule has 0 atom stereocenters. The van der Waals surface area contributed by atoms with Crippen molar-refractivity contribution in [2.75, 3.05) is 5.32 Å². The van der Waals surface area contributed by atoms with Crippen LogP contribution in [0.3, 0.4) is 0 Å². The van der Waals surface area contributed by atoms with Gasteiger partial charge in [0, 0.05) is 17.6 Å². The van der Waals surface area contributed by atoms with Crippen molar-refractivity contribution in [3.63, 3.8) is 0 Å². The van der Waals surface area contributed by atoms with E-state index in [9.17, 15) is 0 Å². The zero-order chi connectivity index (χ0) is 12.6. The molecule has 2 aromatic rings. The Morgan fingerprint density at radius 1 is 1.06 bits per heavy atom. The van der Waals surface area contributed by atoms with E-state index in [2.05, 4.69) is 47.6 Å². The first kappa shape index (κ1) is 12.7. The van der Waals surface area contributed by atoms with E-state index in [-0.39, 0.29) is 0 Å². The molecule has 1 heterocycles. The molecule has 0 saturated heterocycles. The molecule has 2 heteroatoms. The van der Waals surface area contributed by atoms with Gasteiger partial charge in [0.05, 0.1) is 6.54 Å². The molecule has 0 aliphatic rings. The fourth-order valence-electron chi connectivity index (χ4n) is 2.04. The van der Waals surface area contributed by atoms with E-state index in [0.717, 1.165) is 6.54 Å². The first-order valence-corrected chi connectivity index (χ1v) is 6.83. The molecule has 0 aliphatic heterocycles. The molecule has 1 aromatic heterocycles. The number of anilines is 1. The Morgan fingerprint density at radius 3 is 2.56 bits per heavy atom. The maximum atomic E-state index is 3.41. The van der Waals surface area contributed by atoms with Crippen LogP contribution >= 0.6 is 0 Å². The predicted molar refractivity (Wildman–Crippen MR) is 77.8 cm³/mol. The standard InChI is InChI=1S/C16H22N2/c1-2-3-4-6-14-8-10-15(11-9-14)18-13-16-7-5-12-17-16/h5,7-12,17-18H,2-4,6,13H2,1H3. The maximum absolute atomic E-state index is 3.41. The first-order chi connectivity index (χ1) is 8.88. The molecule has 2 N–H and O–H groups in total. The van der Waals surface area contributed by atoms with Crippen LogP contribution in [0.15, 0.2) is 42.6 Å². The molecule has 0 bridgehead atoms. The van der Waals surface area contributed by atoms with Gasteiger partial charge in [0.1, 0.15) is 0 Å². The number of aromatic nitrogens is 1. The Hall–Kier alpha value is -1.70. The van der Waals surface area contributed by atoms with Crippen LogP contribution in [0.2, 0.25) is 0 Å². The predicted octanol–water partition coefficient (Wildman–Crippen LogP) is 4.36. The second-order valence-corrected chi connectivity index (χ2v) is 4.70. The fourth-order valence-corrected chi connectivity index (χ4v) is 2.04. The van der Waals surface area contributed by atoms with Gasteiger partial charge >= 0.3 is 0 Å². The van der Waals surface area contributed by atoms with Gasteiger partial charge in [-0.05, 0) is 42.7 Å². The number of hydrogen-bond acceptors (Lipinski definition) is 1. The van der Waals surface area contributed by atoms with E-state index < -0.39 is 0 Å². The minimum Gasteiger partial charge on any atom is -0.379 e. The number of aromatic amines is 1. The summed E-state index contributed by atoms with van der Waals surface area (Å²) in [5.41, 5.74) is 3.83. The van der Waals surface area contributed by atoms with Gasteiger partial charge in [0.2, 0.25) is 0 Å². The zero-order valence-electron chi connectivity index (χ0n) is 11.1. The summed E-state index contributed by atoms with van der Waals surface area (Å²) in [5.74, 6) is 0. The van der Waals surface area contributed by atoms with Crippen molar-refractivity contribution in [3.05, 3.63) is 53.9 Å². The van der Waals surface area contributed by atoms with Crippen LogP contribution < -0.4 is 5.32 Å². The molecular weight excluding hydrogens is 220 g/mol. The van der Waals surface area contributed by atoms with Gasteiger partial charge in [-0.2, -0.15) is 0 Å². The molecule has 0 spiro atoms. The van der Waals surface area contributed by atoms with E-state index >= 15 is 0 Å². The third kappa shape index (κ3) is 3.95. The molecule has 96 valence electrons. The topological polar surface area (TPSA) is 27.8 Å². The third-order valence-corrected chi connectivity index (χ3v) is 3.17. The number of H-pyrrole nitrogens is 1. The molecule has 18 heavy (non-hydrogen) atoms. The minimum absolute atomic E-state index is 0.849. The number of rotatable bonds is 7. The number of hydrogen-bond donors (Lipinski definition) is 2. The van der Waals surface area contributed by atoms with E-state index in [0.29, 0.717) is 0 Å². The summed E-state index contributed by atoms with van der Waals surface area (Å²) in [6.45, 7) is 3.09. The van der Waals surface area contributed by atoms with Crippen LogP contribution in [0, 0.1) is 0 Å². The normalized spacial score (nSPS) is 10.5. The van der Waals surface area contributed by atoms with E-state index in [1.807, 2.05) is 12.3 Å². The zero-order valence-corrected chi connectivity index (χ0v) is 11.1. The summed E-state index contributed by atoms with van der Waals surface area (Å²) in [6, 6.07) is 12.9. The molecule has 0 fully saturated rings. The lowest BCUT2D eigenvalue weighted by atomic mass is 10.1. The van der Waals surface area contributed by atoms with E-state index in [1.54, 1.807) is 0 Å². The van der Waals surface area contributed by atoms with Gasteiger partial charge < -0.3 is 10.3 Å².